The summed E-state index contributed by atoms with van der Waals surface area (Å²) in [6, 6.07) is 8.37. The molecule has 0 heterocycles. The molecule has 3 rings (SSSR count). The summed E-state index contributed by atoms with van der Waals surface area (Å²) in [6.45, 7) is 0. The van der Waals surface area contributed by atoms with Crippen molar-refractivity contribution in [3.8, 4) is 0 Å². The number of hydrogen-bond donors (Lipinski definition) is 0. The lowest BCUT2D eigenvalue weighted by Gasteiger charge is -2.04. The van der Waals surface area contributed by atoms with Gasteiger partial charge in [-0.3, -0.25) is 4.79 Å². The second-order valence-corrected chi connectivity index (χ2v) is 4.15. The molecule has 0 aromatic heterocycles. The summed E-state index contributed by atoms with van der Waals surface area (Å²) in [5.41, 5.74) is 4.88. The third-order valence-electron chi connectivity index (χ3n) is 3.22. The van der Waals surface area contributed by atoms with Gasteiger partial charge in [-0.05, 0) is 24.0 Å². The Kier molecular flexibility index (Phi) is 1.84. The highest BCUT2D eigenvalue weighted by Crippen LogP contribution is 2.31. The van der Waals surface area contributed by atoms with E-state index in [0.717, 1.165) is 18.4 Å². The fourth-order valence-corrected chi connectivity index (χ4v) is 2.39. The van der Waals surface area contributed by atoms with E-state index in [4.69, 9.17) is 0 Å². The lowest BCUT2D eigenvalue weighted by atomic mass is 10.0. The highest BCUT2D eigenvalue weighted by Gasteiger charge is 2.22. The van der Waals surface area contributed by atoms with Gasteiger partial charge in [-0.15, -0.1) is 0 Å². The second-order valence-electron chi connectivity index (χ2n) is 4.15. The Morgan fingerprint density at radius 2 is 1.87 bits per heavy atom. The zero-order chi connectivity index (χ0) is 10.3. The van der Waals surface area contributed by atoms with Crippen LogP contribution in [0.15, 0.2) is 41.5 Å². The minimum atomic E-state index is 0.314. The molecule has 1 aromatic carbocycles. The molecular weight excluding hydrogens is 184 g/mol. The Balaban J connectivity index is 2.11. The van der Waals surface area contributed by atoms with Gasteiger partial charge in [-0.1, -0.05) is 42.0 Å². The van der Waals surface area contributed by atoms with E-state index in [9.17, 15) is 4.79 Å². The van der Waals surface area contributed by atoms with Crippen LogP contribution in [0.3, 0.4) is 0 Å². The molecule has 2 aliphatic rings. The summed E-state index contributed by atoms with van der Waals surface area (Å²) in [7, 11) is 0. The smallest absolute Gasteiger partial charge is 0.163 e. The van der Waals surface area contributed by atoms with Gasteiger partial charge in [0.25, 0.3) is 0 Å². The average molecular weight is 196 g/mol. The Bertz CT molecular complexity index is 492. The number of rotatable bonds is 0. The number of fused-ring (bicyclic) bond motifs is 1. The fourth-order valence-electron chi connectivity index (χ4n) is 2.39. The standard InChI is InChI=1S/C14H12O/c15-14-8-6-12-9-11-4-2-1-3-10(11)5-7-13(12)14/h1-5,7H,6,8-9H2. The maximum atomic E-state index is 11.6. The van der Waals surface area contributed by atoms with Crippen molar-refractivity contribution in [2.75, 3.05) is 0 Å². The molecular formula is C14H12O. The van der Waals surface area contributed by atoms with Crippen molar-refractivity contribution in [1.82, 2.24) is 0 Å². The Hall–Kier alpha value is -1.63. The molecule has 74 valence electrons. The van der Waals surface area contributed by atoms with Crippen molar-refractivity contribution >= 4 is 11.9 Å². The average Bonchev–Trinajstić information content (AvgIpc) is 2.51. The first-order valence-electron chi connectivity index (χ1n) is 5.36. The van der Waals surface area contributed by atoms with Crippen molar-refractivity contribution in [3.63, 3.8) is 0 Å². The first-order valence-corrected chi connectivity index (χ1v) is 5.36. The molecule has 1 heteroatoms. The summed E-state index contributed by atoms with van der Waals surface area (Å²) >= 11 is 0. The van der Waals surface area contributed by atoms with E-state index in [0.29, 0.717) is 12.2 Å². The maximum Gasteiger partial charge on any atom is 0.163 e. The van der Waals surface area contributed by atoms with Crippen LogP contribution < -0.4 is 0 Å². The molecule has 0 unspecified atom stereocenters. The van der Waals surface area contributed by atoms with E-state index in [1.807, 2.05) is 12.1 Å². The van der Waals surface area contributed by atoms with Crippen molar-refractivity contribution in [2.24, 2.45) is 0 Å². The number of allylic oxidation sites excluding steroid dienone is 3. The molecule has 1 nitrogen and oxygen atoms in total. The van der Waals surface area contributed by atoms with E-state index in [1.165, 1.54) is 16.7 Å². The van der Waals surface area contributed by atoms with Crippen LogP contribution in [-0.2, 0) is 11.2 Å². The molecule has 0 N–H and O–H groups in total. The third kappa shape index (κ3) is 1.35. The summed E-state index contributed by atoms with van der Waals surface area (Å²) in [5, 5.41) is 0. The molecule has 0 amide bonds. The third-order valence-corrected chi connectivity index (χ3v) is 3.22. The van der Waals surface area contributed by atoms with Crippen LogP contribution in [0.1, 0.15) is 24.0 Å². The van der Waals surface area contributed by atoms with Crippen LogP contribution in [0.4, 0.5) is 0 Å². The van der Waals surface area contributed by atoms with Crippen LogP contribution in [0.5, 0.6) is 0 Å². The molecule has 0 atom stereocenters. The minimum absolute atomic E-state index is 0.314. The van der Waals surface area contributed by atoms with Gasteiger partial charge < -0.3 is 0 Å². The summed E-state index contributed by atoms with van der Waals surface area (Å²) < 4.78 is 0. The largest absolute Gasteiger partial charge is 0.294 e. The van der Waals surface area contributed by atoms with E-state index >= 15 is 0 Å². The number of Topliss-reactive ketones (excluding diaryl/α,β-unsaturated/α-hetero) is 1. The van der Waals surface area contributed by atoms with Gasteiger partial charge in [-0.2, -0.15) is 0 Å². The monoisotopic (exact) mass is 196 g/mol. The predicted octanol–water partition coefficient (Wildman–Crippen LogP) is 2.92. The van der Waals surface area contributed by atoms with Crippen molar-refractivity contribution in [1.29, 1.82) is 0 Å². The molecule has 0 fully saturated rings. The van der Waals surface area contributed by atoms with Gasteiger partial charge in [0.05, 0.1) is 0 Å². The van der Waals surface area contributed by atoms with Gasteiger partial charge >= 0.3 is 0 Å². The number of carbonyl (C=O) groups is 1. The molecule has 1 aromatic rings. The van der Waals surface area contributed by atoms with Crippen LogP contribution in [0.2, 0.25) is 0 Å². The summed E-state index contributed by atoms with van der Waals surface area (Å²) in [5.74, 6) is 0.314. The molecule has 2 aliphatic carbocycles. The first-order chi connectivity index (χ1) is 7.34. The number of ketones is 1. The zero-order valence-corrected chi connectivity index (χ0v) is 8.49. The summed E-state index contributed by atoms with van der Waals surface area (Å²) in [6.07, 6.45) is 6.67. The van der Waals surface area contributed by atoms with Crippen LogP contribution >= 0.6 is 0 Å². The Morgan fingerprint density at radius 1 is 1.00 bits per heavy atom. The van der Waals surface area contributed by atoms with Gasteiger partial charge in [0, 0.05) is 12.0 Å². The predicted molar refractivity (Wildman–Crippen MR) is 60.4 cm³/mol. The van der Waals surface area contributed by atoms with Crippen LogP contribution in [0.25, 0.3) is 6.08 Å². The molecule has 0 radical (unpaired) electrons. The second kappa shape index (κ2) is 3.20. The SMILES string of the molecule is O=C1CCC2=C1C=Cc1ccccc1C2. The van der Waals surface area contributed by atoms with Crippen molar-refractivity contribution in [2.45, 2.75) is 19.3 Å². The van der Waals surface area contributed by atoms with E-state index < -0.39 is 0 Å². The normalized spacial score (nSPS) is 18.8. The Labute approximate surface area is 89.1 Å². The maximum absolute atomic E-state index is 11.6. The molecule has 15 heavy (non-hydrogen) atoms. The molecule has 0 bridgehead atoms. The molecule has 0 saturated carbocycles. The van der Waals surface area contributed by atoms with Crippen LogP contribution in [0, 0.1) is 0 Å². The van der Waals surface area contributed by atoms with Gasteiger partial charge in [0.2, 0.25) is 0 Å². The minimum Gasteiger partial charge on any atom is -0.294 e. The highest BCUT2D eigenvalue weighted by atomic mass is 16.1. The quantitative estimate of drug-likeness (QED) is 0.623. The van der Waals surface area contributed by atoms with E-state index in [2.05, 4.69) is 24.3 Å². The van der Waals surface area contributed by atoms with E-state index in [1.54, 1.807) is 0 Å². The van der Waals surface area contributed by atoms with Crippen molar-refractivity contribution < 1.29 is 4.79 Å². The number of hydrogen-bond acceptors (Lipinski definition) is 1. The van der Waals surface area contributed by atoms with Gasteiger partial charge in [0.15, 0.2) is 5.78 Å². The number of carbonyl (C=O) groups excluding carboxylic acids is 1. The highest BCUT2D eigenvalue weighted by molar-refractivity contribution is 6.02. The zero-order valence-electron chi connectivity index (χ0n) is 8.49. The topological polar surface area (TPSA) is 17.1 Å². The fraction of sp³-hybridized carbons (Fsp3) is 0.214. The molecule has 0 saturated heterocycles. The van der Waals surface area contributed by atoms with Gasteiger partial charge in [-0.25, -0.2) is 0 Å². The lowest BCUT2D eigenvalue weighted by molar-refractivity contribution is -0.114. The van der Waals surface area contributed by atoms with Crippen molar-refractivity contribution in [3.05, 3.63) is 52.6 Å². The van der Waals surface area contributed by atoms with Crippen LogP contribution in [-0.4, -0.2) is 5.78 Å². The van der Waals surface area contributed by atoms with Gasteiger partial charge in [0.1, 0.15) is 0 Å². The molecule has 0 aliphatic heterocycles. The Morgan fingerprint density at radius 3 is 2.80 bits per heavy atom. The first kappa shape index (κ1) is 8.66. The molecule has 0 spiro atoms. The van der Waals surface area contributed by atoms with E-state index in [-0.39, 0.29) is 0 Å². The lowest BCUT2D eigenvalue weighted by Crippen LogP contribution is -1.92. The summed E-state index contributed by atoms with van der Waals surface area (Å²) in [4.78, 5) is 11.6. The number of benzene rings is 1.